The Bertz CT molecular complexity index is 198. The van der Waals surface area contributed by atoms with E-state index in [0.717, 1.165) is 0 Å². The topological polar surface area (TPSA) is 56.8 Å². The number of esters is 1. The molecule has 0 radical (unpaired) electrons. The Morgan fingerprint density at radius 3 is 2.38 bits per heavy atom. The number of methoxy groups -OCH3 is 1. The molecule has 0 spiro atoms. The Balaban J connectivity index is 3.97. The van der Waals surface area contributed by atoms with Gasteiger partial charge in [0.15, 0.2) is 0 Å². The van der Waals surface area contributed by atoms with Crippen molar-refractivity contribution in [2.45, 2.75) is 26.3 Å². The van der Waals surface area contributed by atoms with Crippen LogP contribution in [0.25, 0.3) is 0 Å². The SMILES string of the molecule is CCNC(C)(COCCOCC)C(=O)OC. The fourth-order valence-electron chi connectivity index (χ4n) is 1.34. The molecule has 0 rings (SSSR count). The monoisotopic (exact) mass is 233 g/mol. The third-order valence-electron chi connectivity index (χ3n) is 2.17. The van der Waals surface area contributed by atoms with Crippen molar-refractivity contribution in [3.8, 4) is 0 Å². The van der Waals surface area contributed by atoms with Crippen molar-refractivity contribution in [2.24, 2.45) is 0 Å². The van der Waals surface area contributed by atoms with Crippen LogP contribution in [0.3, 0.4) is 0 Å². The van der Waals surface area contributed by atoms with Gasteiger partial charge in [-0.25, -0.2) is 4.79 Å². The van der Waals surface area contributed by atoms with E-state index in [1.165, 1.54) is 7.11 Å². The van der Waals surface area contributed by atoms with E-state index in [2.05, 4.69) is 5.32 Å². The van der Waals surface area contributed by atoms with Gasteiger partial charge in [0.1, 0.15) is 5.54 Å². The zero-order chi connectivity index (χ0) is 12.4. The average Bonchev–Trinajstić information content (AvgIpc) is 2.28. The summed E-state index contributed by atoms with van der Waals surface area (Å²) in [5.74, 6) is -0.314. The van der Waals surface area contributed by atoms with Crippen LogP contribution < -0.4 is 5.32 Å². The molecular formula is C11H23NO4. The van der Waals surface area contributed by atoms with Gasteiger partial charge < -0.3 is 19.5 Å². The summed E-state index contributed by atoms with van der Waals surface area (Å²) in [7, 11) is 1.37. The Morgan fingerprint density at radius 2 is 1.88 bits per heavy atom. The Hall–Kier alpha value is -0.650. The summed E-state index contributed by atoms with van der Waals surface area (Å²) in [4.78, 5) is 11.5. The van der Waals surface area contributed by atoms with Crippen molar-refractivity contribution in [3.05, 3.63) is 0 Å². The molecule has 16 heavy (non-hydrogen) atoms. The van der Waals surface area contributed by atoms with Crippen LogP contribution in [0, 0.1) is 0 Å². The summed E-state index contributed by atoms with van der Waals surface area (Å²) in [6.45, 7) is 8.28. The minimum Gasteiger partial charge on any atom is -0.468 e. The van der Waals surface area contributed by atoms with Gasteiger partial charge in [0.05, 0.1) is 26.9 Å². The summed E-state index contributed by atoms with van der Waals surface area (Å²) in [5.41, 5.74) is -0.782. The summed E-state index contributed by atoms with van der Waals surface area (Å²) in [6, 6.07) is 0. The standard InChI is InChI=1S/C11H23NO4/c1-5-12-11(3,10(13)14-4)9-16-8-7-15-6-2/h12H,5-9H2,1-4H3. The zero-order valence-electron chi connectivity index (χ0n) is 10.7. The van der Waals surface area contributed by atoms with E-state index in [0.29, 0.717) is 26.4 Å². The fraction of sp³-hybridized carbons (Fsp3) is 0.909. The fourth-order valence-corrected chi connectivity index (χ4v) is 1.34. The number of carbonyl (C=O) groups is 1. The van der Waals surface area contributed by atoms with Gasteiger partial charge in [0.2, 0.25) is 0 Å². The van der Waals surface area contributed by atoms with Gasteiger partial charge in [-0.3, -0.25) is 0 Å². The molecule has 0 aliphatic carbocycles. The molecule has 96 valence electrons. The van der Waals surface area contributed by atoms with Gasteiger partial charge in [-0.2, -0.15) is 0 Å². The van der Waals surface area contributed by atoms with E-state index >= 15 is 0 Å². The molecule has 5 nitrogen and oxygen atoms in total. The molecule has 1 unspecified atom stereocenters. The van der Waals surface area contributed by atoms with Crippen LogP contribution in [0.2, 0.25) is 0 Å². The van der Waals surface area contributed by atoms with Crippen molar-refractivity contribution < 1.29 is 19.0 Å². The Kier molecular flexibility index (Phi) is 8.15. The van der Waals surface area contributed by atoms with Gasteiger partial charge >= 0.3 is 5.97 Å². The van der Waals surface area contributed by atoms with Crippen LogP contribution in [0.4, 0.5) is 0 Å². The minimum absolute atomic E-state index is 0.278. The van der Waals surface area contributed by atoms with E-state index < -0.39 is 5.54 Å². The van der Waals surface area contributed by atoms with Crippen molar-refractivity contribution >= 4 is 5.97 Å². The lowest BCUT2D eigenvalue weighted by Gasteiger charge is -2.27. The summed E-state index contributed by atoms with van der Waals surface area (Å²) >= 11 is 0. The molecule has 0 amide bonds. The Morgan fingerprint density at radius 1 is 1.25 bits per heavy atom. The van der Waals surface area contributed by atoms with Crippen molar-refractivity contribution in [1.82, 2.24) is 5.32 Å². The van der Waals surface area contributed by atoms with E-state index in [9.17, 15) is 4.79 Å². The highest BCUT2D eigenvalue weighted by Gasteiger charge is 2.33. The molecule has 1 atom stereocenters. The molecule has 0 bridgehead atoms. The normalized spacial score (nSPS) is 14.5. The Labute approximate surface area is 97.4 Å². The number of likely N-dealkylation sites (N-methyl/N-ethyl adjacent to an activating group) is 1. The van der Waals surface area contributed by atoms with Crippen LogP contribution >= 0.6 is 0 Å². The lowest BCUT2D eigenvalue weighted by atomic mass is 10.0. The molecular weight excluding hydrogens is 210 g/mol. The van der Waals surface area contributed by atoms with Crippen molar-refractivity contribution in [3.63, 3.8) is 0 Å². The quantitative estimate of drug-likeness (QED) is 0.466. The van der Waals surface area contributed by atoms with E-state index in [4.69, 9.17) is 14.2 Å². The van der Waals surface area contributed by atoms with Crippen LogP contribution in [-0.4, -0.2) is 51.6 Å². The van der Waals surface area contributed by atoms with Gasteiger partial charge in [-0.05, 0) is 20.4 Å². The highest BCUT2D eigenvalue weighted by atomic mass is 16.5. The van der Waals surface area contributed by atoms with E-state index in [-0.39, 0.29) is 12.6 Å². The second kappa shape index (κ2) is 8.50. The van der Waals surface area contributed by atoms with Gasteiger partial charge in [-0.1, -0.05) is 6.92 Å². The molecule has 0 saturated heterocycles. The lowest BCUT2D eigenvalue weighted by Crippen LogP contribution is -2.53. The largest absolute Gasteiger partial charge is 0.468 e. The van der Waals surface area contributed by atoms with Gasteiger partial charge in [0, 0.05) is 6.61 Å². The maximum Gasteiger partial charge on any atom is 0.328 e. The first-order valence-corrected chi connectivity index (χ1v) is 5.59. The van der Waals surface area contributed by atoms with Gasteiger partial charge in [0.25, 0.3) is 0 Å². The molecule has 1 N–H and O–H groups in total. The number of hydrogen-bond donors (Lipinski definition) is 1. The maximum atomic E-state index is 11.5. The predicted molar refractivity (Wildman–Crippen MR) is 61.4 cm³/mol. The minimum atomic E-state index is -0.782. The summed E-state index contributed by atoms with van der Waals surface area (Å²) in [5, 5.41) is 3.06. The summed E-state index contributed by atoms with van der Waals surface area (Å²) < 4.78 is 15.3. The number of carbonyl (C=O) groups excluding carboxylic acids is 1. The van der Waals surface area contributed by atoms with Crippen LogP contribution in [0.1, 0.15) is 20.8 Å². The van der Waals surface area contributed by atoms with Gasteiger partial charge in [-0.15, -0.1) is 0 Å². The highest BCUT2D eigenvalue weighted by molar-refractivity contribution is 5.80. The first kappa shape index (κ1) is 15.3. The molecule has 0 aromatic rings. The molecule has 0 aromatic carbocycles. The summed E-state index contributed by atoms with van der Waals surface area (Å²) in [6.07, 6.45) is 0. The zero-order valence-corrected chi connectivity index (χ0v) is 10.7. The third kappa shape index (κ3) is 5.44. The first-order chi connectivity index (χ1) is 7.60. The molecule has 0 heterocycles. The van der Waals surface area contributed by atoms with Crippen molar-refractivity contribution in [2.75, 3.05) is 40.1 Å². The molecule has 0 fully saturated rings. The maximum absolute atomic E-state index is 11.5. The third-order valence-corrected chi connectivity index (χ3v) is 2.17. The number of nitrogens with one attached hydrogen (secondary N) is 1. The van der Waals surface area contributed by atoms with E-state index in [1.807, 2.05) is 13.8 Å². The highest BCUT2D eigenvalue weighted by Crippen LogP contribution is 2.06. The predicted octanol–water partition coefficient (Wildman–Crippen LogP) is 0.581. The molecule has 0 aliphatic heterocycles. The second-order valence-corrected chi connectivity index (χ2v) is 3.60. The second-order valence-electron chi connectivity index (χ2n) is 3.60. The van der Waals surface area contributed by atoms with Crippen LogP contribution in [0.5, 0.6) is 0 Å². The number of rotatable bonds is 9. The number of hydrogen-bond acceptors (Lipinski definition) is 5. The molecule has 0 aromatic heterocycles. The van der Waals surface area contributed by atoms with Crippen LogP contribution in [0.15, 0.2) is 0 Å². The average molecular weight is 233 g/mol. The van der Waals surface area contributed by atoms with Crippen LogP contribution in [-0.2, 0) is 19.0 Å². The molecule has 0 saturated carbocycles. The molecule has 0 aliphatic rings. The lowest BCUT2D eigenvalue weighted by molar-refractivity contribution is -0.150. The van der Waals surface area contributed by atoms with Crippen molar-refractivity contribution in [1.29, 1.82) is 0 Å². The smallest absolute Gasteiger partial charge is 0.328 e. The van der Waals surface area contributed by atoms with E-state index in [1.54, 1.807) is 6.92 Å². The number of ether oxygens (including phenoxy) is 3. The first-order valence-electron chi connectivity index (χ1n) is 5.59. The molecule has 5 heteroatoms.